The van der Waals surface area contributed by atoms with E-state index in [1.165, 1.54) is 33.4 Å². The molecular weight excluding hydrogens is 889 g/mol. The molecule has 354 valence electrons. The van der Waals surface area contributed by atoms with Gasteiger partial charge in [0.25, 0.3) is 0 Å². The van der Waals surface area contributed by atoms with Crippen LogP contribution < -0.4 is 14.5 Å². The van der Waals surface area contributed by atoms with E-state index in [4.69, 9.17) is 9.72 Å². The van der Waals surface area contributed by atoms with Crippen molar-refractivity contribution in [1.82, 2.24) is 9.55 Å². The van der Waals surface area contributed by atoms with E-state index in [1.54, 1.807) is 0 Å². The van der Waals surface area contributed by atoms with E-state index in [0.29, 0.717) is 6.67 Å². The van der Waals surface area contributed by atoms with Gasteiger partial charge in [-0.15, -0.1) is 0 Å². The fraction of sp³-hybridized carbons (Fsp3) is 0.132. The number of aromatic nitrogens is 2. The summed E-state index contributed by atoms with van der Waals surface area (Å²) in [6.45, 7) is 14.3. The summed E-state index contributed by atoms with van der Waals surface area (Å²) in [5, 5.41) is 2.29. The second-order valence-corrected chi connectivity index (χ2v) is 21.7. The summed E-state index contributed by atoms with van der Waals surface area (Å²) in [4.78, 5) is 10.6. The maximum Gasteiger partial charge on any atom is 0.138 e. The van der Waals surface area contributed by atoms with Gasteiger partial charge in [-0.2, -0.15) is 0 Å². The number of para-hydroxylation sites is 3. The van der Waals surface area contributed by atoms with Crippen LogP contribution in [0.15, 0.2) is 218 Å². The number of ether oxygens (including phenoxy) is 1. The van der Waals surface area contributed by atoms with Gasteiger partial charge in [-0.3, -0.25) is 4.57 Å². The number of pyridine rings is 1. The number of anilines is 4. The molecule has 11 aromatic rings. The topological polar surface area (TPSA) is 33.5 Å². The Labute approximate surface area is 428 Å². The maximum atomic E-state index is 6.96. The Kier molecular flexibility index (Phi) is 10.3. The number of hydrogen-bond donors (Lipinski definition) is 0. The molecule has 2 aliphatic heterocycles. The summed E-state index contributed by atoms with van der Waals surface area (Å²) in [6.07, 6.45) is 0. The standard InChI is InChI=1S/C68H56N4O/c1-67(2,3)49-23-15-21-47(37-49)55-28-17-29-58-56-27-11-10-26-54(56)46-20-14-22-48(36-46)60-39-50(68(4,5)6)40-65(69-60)72-61-35-32-45(44-18-8-7-9-19-44)38-59(61)57-34-33-53(42-64(57)72)73-52-25-16-24-51(41-52)70-43-71(66(55)58)63-31-13-12-30-62(63)70/h7-42H,43H2,1-6H3. The Bertz CT molecular complexity index is 3960. The van der Waals surface area contributed by atoms with E-state index < -0.39 is 0 Å². The monoisotopic (exact) mass is 944 g/mol. The molecule has 73 heavy (non-hydrogen) atoms. The molecule has 0 fully saturated rings. The molecule has 4 heterocycles. The summed E-state index contributed by atoms with van der Waals surface area (Å²) in [7, 11) is 0. The molecule has 9 aromatic carbocycles. The van der Waals surface area contributed by atoms with Crippen molar-refractivity contribution in [3.8, 4) is 73.1 Å². The van der Waals surface area contributed by atoms with Crippen LogP contribution in [0.2, 0.25) is 0 Å². The van der Waals surface area contributed by atoms with Gasteiger partial charge in [0.05, 0.1) is 33.8 Å². The summed E-state index contributed by atoms with van der Waals surface area (Å²) in [5.41, 5.74) is 20.2. The largest absolute Gasteiger partial charge is 0.457 e. The molecule has 0 saturated heterocycles. The lowest BCUT2D eigenvalue weighted by atomic mass is 9.84. The van der Waals surface area contributed by atoms with Crippen molar-refractivity contribution in [2.24, 2.45) is 0 Å². The number of benzene rings is 9. The van der Waals surface area contributed by atoms with Crippen LogP contribution in [0.1, 0.15) is 52.7 Å². The first-order valence-corrected chi connectivity index (χ1v) is 25.5. The average Bonchev–Trinajstić information content (AvgIpc) is 3.96. The lowest BCUT2D eigenvalue weighted by Gasteiger charge is -2.28. The second-order valence-electron chi connectivity index (χ2n) is 21.7. The van der Waals surface area contributed by atoms with Gasteiger partial charge < -0.3 is 14.5 Å². The first-order chi connectivity index (χ1) is 35.4. The fourth-order valence-corrected chi connectivity index (χ4v) is 11.1. The Morgan fingerprint density at radius 2 is 1.04 bits per heavy atom. The molecular formula is C68H56N4O. The minimum absolute atomic E-state index is 0.0208. The molecule has 5 heteroatoms. The quantitative estimate of drug-likeness (QED) is 0.173. The molecule has 0 saturated carbocycles. The van der Waals surface area contributed by atoms with E-state index in [2.05, 4.69) is 274 Å². The van der Waals surface area contributed by atoms with Crippen LogP contribution in [0, 0.1) is 0 Å². The normalized spacial score (nSPS) is 13.1. The highest BCUT2D eigenvalue weighted by Gasteiger charge is 2.32. The van der Waals surface area contributed by atoms with E-state index in [1.807, 2.05) is 0 Å². The van der Waals surface area contributed by atoms with E-state index in [-0.39, 0.29) is 10.8 Å². The zero-order valence-electron chi connectivity index (χ0n) is 42.2. The predicted molar refractivity (Wildman–Crippen MR) is 305 cm³/mol. The van der Waals surface area contributed by atoms with Gasteiger partial charge in [0.15, 0.2) is 0 Å². The van der Waals surface area contributed by atoms with E-state index in [9.17, 15) is 0 Å². The zero-order chi connectivity index (χ0) is 49.6. The molecule has 0 unspecified atom stereocenters. The van der Waals surface area contributed by atoms with Gasteiger partial charge in [-0.25, -0.2) is 4.98 Å². The van der Waals surface area contributed by atoms with Crippen molar-refractivity contribution >= 4 is 44.6 Å². The molecule has 0 N–H and O–H groups in total. The molecule has 0 amide bonds. The van der Waals surface area contributed by atoms with Crippen LogP contribution in [-0.2, 0) is 10.8 Å². The van der Waals surface area contributed by atoms with Crippen molar-refractivity contribution in [2.45, 2.75) is 52.4 Å². The molecule has 0 spiro atoms. The lowest BCUT2D eigenvalue weighted by molar-refractivity contribution is 0.483. The molecule has 0 atom stereocenters. The molecule has 10 bridgehead atoms. The van der Waals surface area contributed by atoms with Crippen molar-refractivity contribution in [2.75, 3.05) is 16.5 Å². The number of hydrogen-bond acceptors (Lipinski definition) is 4. The number of fused-ring (bicyclic) bond motifs is 23. The Morgan fingerprint density at radius 3 is 1.85 bits per heavy atom. The molecule has 0 radical (unpaired) electrons. The van der Waals surface area contributed by atoms with Crippen molar-refractivity contribution in [3.05, 3.63) is 230 Å². The average molecular weight is 945 g/mol. The van der Waals surface area contributed by atoms with Crippen molar-refractivity contribution in [1.29, 1.82) is 0 Å². The summed E-state index contributed by atoms with van der Waals surface area (Å²) in [5.74, 6) is 2.37. The zero-order valence-corrected chi connectivity index (χ0v) is 42.2. The van der Waals surface area contributed by atoms with Crippen LogP contribution in [0.4, 0.5) is 22.7 Å². The molecule has 2 aromatic heterocycles. The number of nitrogens with zero attached hydrogens (tertiary/aromatic N) is 4. The Hall–Kier alpha value is -8.67. The first-order valence-electron chi connectivity index (χ1n) is 25.5. The molecule has 13 rings (SSSR count). The third kappa shape index (κ3) is 7.75. The van der Waals surface area contributed by atoms with Crippen LogP contribution in [0.3, 0.4) is 0 Å². The smallest absolute Gasteiger partial charge is 0.138 e. The maximum absolute atomic E-state index is 6.96. The highest BCUT2D eigenvalue weighted by molar-refractivity contribution is 6.11. The molecule has 2 aliphatic rings. The third-order valence-corrected chi connectivity index (χ3v) is 14.9. The highest BCUT2D eigenvalue weighted by Crippen LogP contribution is 2.52. The highest BCUT2D eigenvalue weighted by atomic mass is 16.5. The Balaban J connectivity index is 1.09. The van der Waals surface area contributed by atoms with Gasteiger partial charge >= 0.3 is 0 Å². The van der Waals surface area contributed by atoms with Gasteiger partial charge in [0.2, 0.25) is 0 Å². The predicted octanol–water partition coefficient (Wildman–Crippen LogP) is 18.5. The van der Waals surface area contributed by atoms with E-state index in [0.717, 1.165) is 95.4 Å². The van der Waals surface area contributed by atoms with Crippen molar-refractivity contribution in [3.63, 3.8) is 0 Å². The minimum Gasteiger partial charge on any atom is -0.457 e. The van der Waals surface area contributed by atoms with Crippen LogP contribution in [0.5, 0.6) is 11.5 Å². The summed E-state index contributed by atoms with van der Waals surface area (Å²) < 4.78 is 9.30. The van der Waals surface area contributed by atoms with Crippen molar-refractivity contribution < 1.29 is 4.74 Å². The van der Waals surface area contributed by atoms with Crippen LogP contribution in [0.25, 0.3) is 83.4 Å². The van der Waals surface area contributed by atoms with Crippen LogP contribution in [-0.4, -0.2) is 16.2 Å². The van der Waals surface area contributed by atoms with Gasteiger partial charge in [0.1, 0.15) is 24.0 Å². The van der Waals surface area contributed by atoms with Crippen LogP contribution >= 0.6 is 0 Å². The van der Waals surface area contributed by atoms with Gasteiger partial charge in [-0.05, 0) is 122 Å². The third-order valence-electron chi connectivity index (χ3n) is 14.9. The van der Waals surface area contributed by atoms with Gasteiger partial charge in [-0.1, -0.05) is 181 Å². The molecule has 5 nitrogen and oxygen atoms in total. The summed E-state index contributed by atoms with van der Waals surface area (Å²) in [6, 6.07) is 79.8. The molecule has 0 aliphatic carbocycles. The SMILES string of the molecule is CC(C)(C)c1cccc(-c2cccc3c2N2CN(c4cccc(c4)Oc4ccc5c6cc(-c7ccccc7)ccc6n(c5c4)-c4cc(C(C)(C)C)cc(n4)-c4cccc(c4)-c4ccccc4-3)c3ccccc32)c1. The minimum atomic E-state index is -0.168. The Morgan fingerprint density at radius 1 is 0.397 bits per heavy atom. The first kappa shape index (κ1) is 44.3. The second kappa shape index (κ2) is 17.0. The lowest BCUT2D eigenvalue weighted by Crippen LogP contribution is -2.25. The summed E-state index contributed by atoms with van der Waals surface area (Å²) >= 11 is 0. The van der Waals surface area contributed by atoms with Gasteiger partial charge in [0, 0.05) is 45.3 Å². The number of rotatable bonds is 2. The van der Waals surface area contributed by atoms with E-state index >= 15 is 0 Å². The fourth-order valence-electron chi connectivity index (χ4n) is 11.1.